The molecule has 0 aromatic heterocycles. The molecule has 4 atom stereocenters. The van der Waals surface area contributed by atoms with E-state index in [-0.39, 0.29) is 6.29 Å². The molecule has 9 nitrogen and oxygen atoms in total. The maximum absolute atomic E-state index is 10.1. The fourth-order valence-corrected chi connectivity index (χ4v) is 0.615. The lowest BCUT2D eigenvalue weighted by Gasteiger charge is -2.21. The fourth-order valence-electron chi connectivity index (χ4n) is 0.615. The molecule has 0 saturated heterocycles. The van der Waals surface area contributed by atoms with E-state index in [9.17, 15) is 9.59 Å². The summed E-state index contributed by atoms with van der Waals surface area (Å²) in [5.74, 6) is -1.76. The predicted molar refractivity (Wildman–Crippen MR) is 51.6 cm³/mol. The van der Waals surface area contributed by atoms with Crippen molar-refractivity contribution in [1.82, 2.24) is 0 Å². The summed E-state index contributed by atoms with van der Waals surface area (Å²) < 4.78 is 0. The number of halogens is 1. The van der Waals surface area contributed by atoms with Crippen molar-refractivity contribution >= 4 is 29.3 Å². The Morgan fingerprint density at radius 3 is 1.59 bits per heavy atom. The van der Waals surface area contributed by atoms with Gasteiger partial charge in [-0.15, -0.1) is 0 Å². The van der Waals surface area contributed by atoms with Crippen LogP contribution >= 0.6 is 11.6 Å². The first-order chi connectivity index (χ1) is 7.64. The minimum absolute atomic E-state index is 0.0809. The second-order valence-electron chi connectivity index (χ2n) is 2.64. The third-order valence-electron chi connectivity index (χ3n) is 1.42. The average molecular weight is 275 g/mol. The van der Waals surface area contributed by atoms with E-state index in [4.69, 9.17) is 35.4 Å². The van der Waals surface area contributed by atoms with Crippen LogP contribution in [-0.2, 0) is 9.59 Å². The molecule has 0 saturated carbocycles. The zero-order valence-corrected chi connectivity index (χ0v) is 8.93. The van der Waals surface area contributed by atoms with Gasteiger partial charge in [-0.25, -0.2) is 9.59 Å². The Labute approximate surface area is 99.5 Å². The zero-order valence-electron chi connectivity index (χ0n) is 8.17. The third-order valence-corrected chi connectivity index (χ3v) is 1.42. The summed E-state index contributed by atoms with van der Waals surface area (Å²) in [6, 6.07) is 0. The Hall–Kier alpha value is -1.26. The Morgan fingerprint density at radius 2 is 1.35 bits per heavy atom. The molecule has 0 radical (unpaired) electrons. The number of aliphatic carboxylic acids is 1. The minimum Gasteiger partial charge on any atom is -0.479 e. The van der Waals surface area contributed by atoms with Gasteiger partial charge < -0.3 is 35.4 Å². The summed E-state index contributed by atoms with van der Waals surface area (Å²) in [6.45, 7) is 0. The Balaban J connectivity index is 0. The molecule has 0 spiro atoms. The number of carboxylic acid groups (broad SMARTS) is 2. The Morgan fingerprint density at radius 1 is 1.00 bits per heavy atom. The summed E-state index contributed by atoms with van der Waals surface area (Å²) in [7, 11) is 0. The quantitative estimate of drug-likeness (QED) is 0.236. The summed E-state index contributed by atoms with van der Waals surface area (Å²) in [4.78, 5) is 28.7. The lowest BCUT2D eigenvalue weighted by Crippen LogP contribution is -2.48. The molecule has 0 rings (SSSR count). The summed E-state index contributed by atoms with van der Waals surface area (Å²) in [5.41, 5.74) is -1.36. The van der Waals surface area contributed by atoms with Crippen LogP contribution in [-0.4, -0.2) is 72.7 Å². The molecule has 0 amide bonds. The molecule has 0 aliphatic carbocycles. The van der Waals surface area contributed by atoms with Gasteiger partial charge in [-0.05, 0) is 0 Å². The van der Waals surface area contributed by atoms with Crippen molar-refractivity contribution in [2.75, 3.05) is 0 Å². The maximum Gasteiger partial charge on any atom is 0.401 e. The highest BCUT2D eigenvalue weighted by Gasteiger charge is 2.33. The first-order valence-electron chi connectivity index (χ1n) is 3.93. The van der Waals surface area contributed by atoms with Gasteiger partial charge in [0.05, 0.1) is 0 Å². The molecule has 0 heterocycles. The van der Waals surface area contributed by atoms with E-state index in [1.54, 1.807) is 0 Å². The maximum atomic E-state index is 10.1. The van der Waals surface area contributed by atoms with Crippen molar-refractivity contribution in [1.29, 1.82) is 0 Å². The highest BCUT2D eigenvalue weighted by Crippen LogP contribution is 2.03. The Kier molecular flexibility index (Phi) is 9.42. The molecule has 17 heavy (non-hydrogen) atoms. The summed E-state index contributed by atoms with van der Waals surface area (Å²) >= 11 is 4.19. The molecule has 0 aliphatic rings. The van der Waals surface area contributed by atoms with E-state index >= 15 is 0 Å². The number of rotatable bonds is 5. The molecule has 0 fully saturated rings. The lowest BCUT2D eigenvalue weighted by molar-refractivity contribution is -0.163. The van der Waals surface area contributed by atoms with Crippen LogP contribution in [0.15, 0.2) is 0 Å². The molecule has 4 unspecified atom stereocenters. The first kappa shape index (κ1) is 18.1. The molecule has 10 heteroatoms. The molecule has 0 aromatic rings. The van der Waals surface area contributed by atoms with Crippen LogP contribution in [0.3, 0.4) is 0 Å². The molecule has 0 aromatic carbocycles. The van der Waals surface area contributed by atoms with Crippen molar-refractivity contribution in [3.63, 3.8) is 0 Å². The first-order valence-corrected chi connectivity index (χ1v) is 4.31. The monoisotopic (exact) mass is 274 g/mol. The predicted octanol–water partition coefficient (Wildman–Crippen LogP) is -2.38. The summed E-state index contributed by atoms with van der Waals surface area (Å²) in [6.07, 6.45) is -8.39. The minimum atomic E-state index is -2.25. The number of carbonyl (C=O) groups is 3. The van der Waals surface area contributed by atoms with E-state index in [2.05, 4.69) is 11.6 Å². The average Bonchev–Trinajstić information content (AvgIpc) is 2.23. The van der Waals surface area contributed by atoms with E-state index in [1.807, 2.05) is 0 Å². The fraction of sp³-hybridized carbons (Fsp3) is 0.571. The standard InChI is InChI=1S/C6H10O7.CHClO2/c7-1-2(8)3(9)4(10)5(11)6(12)13;2-1(3)4/h1-5,8-11H,(H,12,13);(H,3,4). The second kappa shape index (κ2) is 8.84. The van der Waals surface area contributed by atoms with Crippen LogP contribution in [0.5, 0.6) is 0 Å². The second-order valence-corrected chi connectivity index (χ2v) is 2.97. The normalized spacial score (nSPS) is 16.8. The van der Waals surface area contributed by atoms with Gasteiger partial charge in [0.25, 0.3) is 0 Å². The number of hydrogen-bond donors (Lipinski definition) is 6. The van der Waals surface area contributed by atoms with E-state index in [1.165, 1.54) is 0 Å². The topological polar surface area (TPSA) is 173 Å². The molecule has 6 N–H and O–H groups in total. The van der Waals surface area contributed by atoms with Crippen LogP contribution < -0.4 is 0 Å². The highest BCUT2D eigenvalue weighted by molar-refractivity contribution is 6.60. The third kappa shape index (κ3) is 8.54. The SMILES string of the molecule is O=C(O)Cl.O=CC(O)C(O)C(O)C(O)C(=O)O. The number of aliphatic hydroxyl groups excluding tert-OH is 4. The van der Waals surface area contributed by atoms with Crippen molar-refractivity contribution in [2.24, 2.45) is 0 Å². The van der Waals surface area contributed by atoms with Gasteiger partial charge in [0.2, 0.25) is 0 Å². The number of aldehydes is 1. The van der Waals surface area contributed by atoms with Crippen LogP contribution in [0.25, 0.3) is 0 Å². The van der Waals surface area contributed by atoms with Crippen molar-refractivity contribution in [3.05, 3.63) is 0 Å². The van der Waals surface area contributed by atoms with Crippen LogP contribution in [0.4, 0.5) is 4.79 Å². The van der Waals surface area contributed by atoms with Crippen LogP contribution in [0.1, 0.15) is 0 Å². The smallest absolute Gasteiger partial charge is 0.401 e. The number of carbonyl (C=O) groups excluding carboxylic acids is 1. The Bertz CT molecular complexity index is 264. The van der Waals surface area contributed by atoms with Gasteiger partial charge in [0.1, 0.15) is 18.3 Å². The number of aliphatic hydroxyl groups is 4. The van der Waals surface area contributed by atoms with E-state index in [0.29, 0.717) is 0 Å². The molecular weight excluding hydrogens is 264 g/mol. The highest BCUT2D eigenvalue weighted by atomic mass is 35.5. The van der Waals surface area contributed by atoms with Gasteiger partial charge in [-0.2, -0.15) is 0 Å². The lowest BCUT2D eigenvalue weighted by atomic mass is 10.0. The van der Waals surface area contributed by atoms with Crippen molar-refractivity contribution < 1.29 is 45.0 Å². The molecule has 0 aliphatic heterocycles. The van der Waals surface area contributed by atoms with Crippen LogP contribution in [0, 0.1) is 0 Å². The van der Waals surface area contributed by atoms with Crippen molar-refractivity contribution in [2.45, 2.75) is 24.4 Å². The van der Waals surface area contributed by atoms with E-state index in [0.717, 1.165) is 0 Å². The van der Waals surface area contributed by atoms with Crippen LogP contribution in [0.2, 0.25) is 0 Å². The number of hydrogen-bond acceptors (Lipinski definition) is 7. The largest absolute Gasteiger partial charge is 0.479 e. The van der Waals surface area contributed by atoms with Gasteiger partial charge in [-0.3, -0.25) is 0 Å². The molecule has 0 bridgehead atoms. The van der Waals surface area contributed by atoms with Gasteiger partial charge in [-0.1, -0.05) is 0 Å². The molecule has 100 valence electrons. The van der Waals surface area contributed by atoms with Gasteiger partial charge in [0.15, 0.2) is 12.4 Å². The zero-order chi connectivity index (χ0) is 14.2. The summed E-state index contributed by atoms with van der Waals surface area (Å²) in [5, 5.41) is 50.4. The van der Waals surface area contributed by atoms with Crippen molar-refractivity contribution in [3.8, 4) is 0 Å². The molecular formula is C7H11ClO9. The number of carboxylic acids is 1. The van der Waals surface area contributed by atoms with Gasteiger partial charge >= 0.3 is 11.4 Å². The van der Waals surface area contributed by atoms with Gasteiger partial charge in [0, 0.05) is 11.6 Å². The van der Waals surface area contributed by atoms with E-state index < -0.39 is 35.8 Å².